The van der Waals surface area contributed by atoms with Crippen molar-refractivity contribution in [3.8, 4) is 5.75 Å². The van der Waals surface area contributed by atoms with Crippen LogP contribution in [0.15, 0.2) is 24.3 Å². The molecule has 0 spiro atoms. The van der Waals surface area contributed by atoms with Crippen molar-refractivity contribution < 1.29 is 4.74 Å². The summed E-state index contributed by atoms with van der Waals surface area (Å²) < 4.78 is 5.66. The van der Waals surface area contributed by atoms with Gasteiger partial charge in [-0.3, -0.25) is 0 Å². The highest BCUT2D eigenvalue weighted by atomic mass is 35.5. The summed E-state index contributed by atoms with van der Waals surface area (Å²) in [5, 5.41) is 0. The third-order valence-corrected chi connectivity index (χ3v) is 3.27. The van der Waals surface area contributed by atoms with Crippen molar-refractivity contribution in [3.63, 3.8) is 0 Å². The fraction of sp³-hybridized carbons (Fsp3) is 0.571. The summed E-state index contributed by atoms with van der Waals surface area (Å²) in [5.74, 6) is 1.72. The Balaban J connectivity index is 0.00000289. The standard InChI is InChI=1S/C14H23NOS.ClH/c1-2-12-6-8-14(9-7-12)16-10-4-3-5-13(15)11-17;/h6-9,13,17H,2-5,10-11,15H2,1H3;1H/t13-;/m1./s1. The predicted molar refractivity (Wildman–Crippen MR) is 84.2 cm³/mol. The SMILES string of the molecule is CCc1ccc(OCCCC[C@@H](N)CS)cc1.Cl. The Labute approximate surface area is 122 Å². The van der Waals surface area contributed by atoms with Gasteiger partial charge in [0.25, 0.3) is 0 Å². The van der Waals surface area contributed by atoms with E-state index in [9.17, 15) is 0 Å². The summed E-state index contributed by atoms with van der Waals surface area (Å²) in [5.41, 5.74) is 7.13. The van der Waals surface area contributed by atoms with E-state index in [2.05, 4.69) is 31.7 Å². The van der Waals surface area contributed by atoms with Crippen LogP contribution in [0.2, 0.25) is 0 Å². The molecule has 0 aromatic heterocycles. The molecule has 1 aromatic carbocycles. The van der Waals surface area contributed by atoms with Gasteiger partial charge in [0.05, 0.1) is 6.61 Å². The maximum atomic E-state index is 5.78. The lowest BCUT2D eigenvalue weighted by Crippen LogP contribution is -2.21. The van der Waals surface area contributed by atoms with Gasteiger partial charge in [0.1, 0.15) is 5.75 Å². The lowest BCUT2D eigenvalue weighted by molar-refractivity contribution is 0.304. The molecule has 1 atom stereocenters. The zero-order chi connectivity index (χ0) is 12.5. The second-order valence-corrected chi connectivity index (χ2v) is 4.65. The number of nitrogens with two attached hydrogens (primary N) is 1. The number of hydrogen-bond acceptors (Lipinski definition) is 3. The fourth-order valence-corrected chi connectivity index (χ4v) is 1.79. The maximum Gasteiger partial charge on any atom is 0.119 e. The molecule has 2 nitrogen and oxygen atoms in total. The largest absolute Gasteiger partial charge is 0.494 e. The Morgan fingerprint density at radius 3 is 2.44 bits per heavy atom. The first-order valence-corrected chi connectivity index (χ1v) is 6.97. The van der Waals surface area contributed by atoms with Crippen molar-refractivity contribution in [3.05, 3.63) is 29.8 Å². The second kappa shape index (κ2) is 10.5. The van der Waals surface area contributed by atoms with Gasteiger partial charge in [-0.25, -0.2) is 0 Å². The van der Waals surface area contributed by atoms with Crippen LogP contribution in [0.4, 0.5) is 0 Å². The van der Waals surface area contributed by atoms with Gasteiger partial charge in [-0.05, 0) is 43.4 Å². The molecular formula is C14H24ClNOS. The molecular weight excluding hydrogens is 266 g/mol. The summed E-state index contributed by atoms with van der Waals surface area (Å²) in [6.07, 6.45) is 4.26. The van der Waals surface area contributed by atoms with Gasteiger partial charge >= 0.3 is 0 Å². The molecule has 0 radical (unpaired) electrons. The Morgan fingerprint density at radius 2 is 1.89 bits per heavy atom. The van der Waals surface area contributed by atoms with E-state index in [0.29, 0.717) is 0 Å². The van der Waals surface area contributed by atoms with E-state index in [1.165, 1.54) is 5.56 Å². The number of aryl methyl sites for hydroxylation is 1. The lowest BCUT2D eigenvalue weighted by atomic mass is 10.1. The van der Waals surface area contributed by atoms with Gasteiger partial charge in [-0.15, -0.1) is 12.4 Å². The number of unbranched alkanes of at least 4 members (excludes halogenated alkanes) is 1. The zero-order valence-electron chi connectivity index (χ0n) is 11.0. The Kier molecular flexibility index (Phi) is 10.3. The van der Waals surface area contributed by atoms with Crippen LogP contribution < -0.4 is 10.5 Å². The highest BCUT2D eigenvalue weighted by Gasteiger charge is 1.99. The number of halogens is 1. The van der Waals surface area contributed by atoms with E-state index >= 15 is 0 Å². The second-order valence-electron chi connectivity index (χ2n) is 4.28. The first kappa shape index (κ1) is 17.6. The van der Waals surface area contributed by atoms with Crippen molar-refractivity contribution in [1.29, 1.82) is 0 Å². The normalized spacial score (nSPS) is 11.7. The minimum absolute atomic E-state index is 0. The molecule has 0 fully saturated rings. The first-order chi connectivity index (χ1) is 8.26. The summed E-state index contributed by atoms with van der Waals surface area (Å²) >= 11 is 4.16. The smallest absolute Gasteiger partial charge is 0.119 e. The van der Waals surface area contributed by atoms with Crippen LogP contribution in [0.25, 0.3) is 0 Å². The molecule has 1 aromatic rings. The molecule has 0 bridgehead atoms. The molecule has 0 saturated carbocycles. The van der Waals surface area contributed by atoms with Gasteiger partial charge in [-0.2, -0.15) is 12.6 Å². The zero-order valence-corrected chi connectivity index (χ0v) is 12.7. The monoisotopic (exact) mass is 289 g/mol. The molecule has 0 aliphatic heterocycles. The molecule has 0 unspecified atom stereocenters. The van der Waals surface area contributed by atoms with Gasteiger partial charge in [0.2, 0.25) is 0 Å². The van der Waals surface area contributed by atoms with Crippen molar-refractivity contribution in [2.45, 2.75) is 38.6 Å². The Bertz CT molecular complexity index is 305. The van der Waals surface area contributed by atoms with Crippen molar-refractivity contribution in [2.24, 2.45) is 5.73 Å². The van der Waals surface area contributed by atoms with Crippen LogP contribution in [-0.4, -0.2) is 18.4 Å². The molecule has 18 heavy (non-hydrogen) atoms. The van der Waals surface area contributed by atoms with Crippen LogP contribution in [-0.2, 0) is 6.42 Å². The topological polar surface area (TPSA) is 35.2 Å². The molecule has 4 heteroatoms. The molecule has 1 rings (SSSR count). The predicted octanol–water partition coefficient (Wildman–Crippen LogP) is 3.48. The van der Waals surface area contributed by atoms with Crippen LogP contribution in [0, 0.1) is 0 Å². The van der Waals surface area contributed by atoms with Crippen LogP contribution in [0.5, 0.6) is 5.75 Å². The van der Waals surface area contributed by atoms with Gasteiger partial charge < -0.3 is 10.5 Å². The van der Waals surface area contributed by atoms with Crippen LogP contribution >= 0.6 is 25.0 Å². The number of benzene rings is 1. The average Bonchev–Trinajstić information content (AvgIpc) is 2.38. The summed E-state index contributed by atoms with van der Waals surface area (Å²) in [6, 6.07) is 8.54. The highest BCUT2D eigenvalue weighted by Crippen LogP contribution is 2.13. The molecule has 0 amide bonds. The van der Waals surface area contributed by atoms with Crippen molar-refractivity contribution in [1.82, 2.24) is 0 Å². The number of rotatable bonds is 8. The van der Waals surface area contributed by atoms with E-state index in [1.54, 1.807) is 0 Å². The van der Waals surface area contributed by atoms with E-state index in [0.717, 1.165) is 43.8 Å². The minimum atomic E-state index is 0. The van der Waals surface area contributed by atoms with E-state index < -0.39 is 0 Å². The fourth-order valence-electron chi connectivity index (χ4n) is 1.61. The third kappa shape index (κ3) is 7.14. The quantitative estimate of drug-likeness (QED) is 0.568. The first-order valence-electron chi connectivity index (χ1n) is 6.34. The molecule has 0 heterocycles. The van der Waals surface area contributed by atoms with Crippen LogP contribution in [0.1, 0.15) is 31.7 Å². The Hall–Kier alpha value is -0.380. The highest BCUT2D eigenvalue weighted by molar-refractivity contribution is 7.80. The third-order valence-electron chi connectivity index (χ3n) is 2.80. The van der Waals surface area contributed by atoms with Gasteiger partial charge in [-0.1, -0.05) is 19.1 Å². The number of ether oxygens (including phenoxy) is 1. The van der Waals surface area contributed by atoms with Gasteiger partial charge in [0, 0.05) is 11.8 Å². The molecule has 0 saturated heterocycles. The number of hydrogen-bond donors (Lipinski definition) is 2. The lowest BCUT2D eigenvalue weighted by Gasteiger charge is -2.09. The average molecular weight is 290 g/mol. The number of thiol groups is 1. The molecule has 0 aliphatic carbocycles. The van der Waals surface area contributed by atoms with E-state index in [4.69, 9.17) is 10.5 Å². The summed E-state index contributed by atoms with van der Waals surface area (Å²) in [4.78, 5) is 0. The summed E-state index contributed by atoms with van der Waals surface area (Å²) in [7, 11) is 0. The van der Waals surface area contributed by atoms with Gasteiger partial charge in [0.15, 0.2) is 0 Å². The molecule has 104 valence electrons. The maximum absolute atomic E-state index is 5.78. The minimum Gasteiger partial charge on any atom is -0.494 e. The van der Waals surface area contributed by atoms with Crippen LogP contribution in [0.3, 0.4) is 0 Å². The molecule has 2 N–H and O–H groups in total. The van der Waals surface area contributed by atoms with Crippen molar-refractivity contribution >= 4 is 25.0 Å². The molecule has 0 aliphatic rings. The van der Waals surface area contributed by atoms with E-state index in [-0.39, 0.29) is 18.4 Å². The summed E-state index contributed by atoms with van der Waals surface area (Å²) in [6.45, 7) is 2.92. The Morgan fingerprint density at radius 1 is 1.22 bits per heavy atom. The van der Waals surface area contributed by atoms with Crippen molar-refractivity contribution in [2.75, 3.05) is 12.4 Å². The van der Waals surface area contributed by atoms with E-state index in [1.807, 2.05) is 12.1 Å².